The van der Waals surface area contributed by atoms with Gasteiger partial charge in [-0.05, 0) is 124 Å². The van der Waals surface area contributed by atoms with Crippen molar-refractivity contribution in [1.82, 2.24) is 40.0 Å². The molecule has 7 rings (SSSR count). The number of carbonyl (C=O) groups is 5. The first-order valence-corrected chi connectivity index (χ1v) is 23.4. The summed E-state index contributed by atoms with van der Waals surface area (Å²) >= 11 is 0. The number of aryl methyl sites for hydroxylation is 1. The number of hydrogen-bond acceptors (Lipinski definition) is 10. The van der Waals surface area contributed by atoms with Gasteiger partial charge in [-0.15, -0.1) is 0 Å². The summed E-state index contributed by atoms with van der Waals surface area (Å²) < 4.78 is 8.37. The van der Waals surface area contributed by atoms with Crippen LogP contribution in [0.15, 0.2) is 60.9 Å². The maximum atomic E-state index is 15.0. The summed E-state index contributed by atoms with van der Waals surface area (Å²) in [5.74, 6) is 2.48. The van der Waals surface area contributed by atoms with Crippen molar-refractivity contribution < 1.29 is 33.8 Å². The Morgan fingerprint density at radius 2 is 1.78 bits per heavy atom. The summed E-state index contributed by atoms with van der Waals surface area (Å²) in [7, 11) is 5.32. The van der Waals surface area contributed by atoms with Crippen LogP contribution in [0.3, 0.4) is 0 Å². The normalized spacial score (nSPS) is 21.4. The number of phenols is 1. The summed E-state index contributed by atoms with van der Waals surface area (Å²) in [5, 5.41) is 16.9. The van der Waals surface area contributed by atoms with Crippen LogP contribution < -0.4 is 10.7 Å². The van der Waals surface area contributed by atoms with E-state index in [0.717, 1.165) is 38.9 Å². The van der Waals surface area contributed by atoms with Crippen LogP contribution in [0.25, 0.3) is 33.3 Å². The van der Waals surface area contributed by atoms with Crippen molar-refractivity contribution in [2.24, 2.45) is 17.3 Å². The maximum absolute atomic E-state index is 15.0. The number of likely N-dealkylation sites (tertiary alicyclic amines) is 1. The molecule has 1 unspecified atom stereocenters. The van der Waals surface area contributed by atoms with E-state index in [2.05, 4.69) is 71.1 Å². The van der Waals surface area contributed by atoms with Gasteiger partial charge in [0.15, 0.2) is 0 Å². The molecule has 4 aromatic rings. The van der Waals surface area contributed by atoms with Gasteiger partial charge in [-0.25, -0.2) is 5.43 Å². The van der Waals surface area contributed by atoms with Crippen LogP contribution in [0, 0.1) is 29.1 Å². The van der Waals surface area contributed by atoms with Gasteiger partial charge in [-0.1, -0.05) is 45.7 Å². The average molecular weight is 915 g/mol. The van der Waals surface area contributed by atoms with Crippen LogP contribution in [0.4, 0.5) is 0 Å². The second kappa shape index (κ2) is 19.9. The van der Waals surface area contributed by atoms with Gasteiger partial charge in [0.2, 0.25) is 11.8 Å². The highest BCUT2D eigenvalue weighted by atomic mass is 16.5. The minimum absolute atomic E-state index is 0.0104. The number of pyridine rings is 1. The topological polar surface area (TPSA) is 170 Å². The number of rotatable bonds is 8. The lowest BCUT2D eigenvalue weighted by molar-refractivity contribution is -0.157. The summed E-state index contributed by atoms with van der Waals surface area (Å²) in [6.45, 7) is 13.7. The van der Waals surface area contributed by atoms with Gasteiger partial charge in [0.05, 0.1) is 24.8 Å². The second-order valence-corrected chi connectivity index (χ2v) is 20.1. The number of carbonyl (C=O) groups excluding carboxylic acids is 5. The quantitative estimate of drug-likeness (QED) is 0.161. The van der Waals surface area contributed by atoms with E-state index < -0.39 is 46.7 Å². The number of aromatic nitrogens is 2. The Morgan fingerprint density at radius 1 is 1.00 bits per heavy atom. The number of amides is 4. The molecule has 3 aliphatic rings. The molecule has 2 aromatic heterocycles. The highest BCUT2D eigenvalue weighted by Crippen LogP contribution is 2.40. The van der Waals surface area contributed by atoms with E-state index in [9.17, 15) is 24.3 Å². The molecule has 0 saturated carbocycles. The Balaban J connectivity index is 1.26. The van der Waals surface area contributed by atoms with E-state index in [1.807, 2.05) is 57.2 Å². The SMILES string of the molecule is CCn1c(-c2cccnc2)c2c3cc(ccc31)-c1cc(O)cc(c1)CC(C)(NC(=O)[C@H](C(C)C)N(C)C(=O)[C@H]1CCN(C(=O)C#CCN(C)C)C1)C(=O)N1CCC[C@H](N1)C(=O)OCC(C)(C)C2. The third-order valence-corrected chi connectivity index (χ3v) is 13.2. The highest BCUT2D eigenvalue weighted by molar-refractivity contribution is 5.97. The van der Waals surface area contributed by atoms with Crippen molar-refractivity contribution in [3.63, 3.8) is 0 Å². The van der Waals surface area contributed by atoms with E-state index in [0.29, 0.717) is 50.9 Å². The zero-order chi connectivity index (χ0) is 48.4. The van der Waals surface area contributed by atoms with Crippen molar-refractivity contribution in [2.75, 3.05) is 53.9 Å². The minimum Gasteiger partial charge on any atom is -0.508 e. The molecule has 67 heavy (non-hydrogen) atoms. The first-order valence-electron chi connectivity index (χ1n) is 23.4. The van der Waals surface area contributed by atoms with Crippen molar-refractivity contribution in [3.05, 3.63) is 72.1 Å². The van der Waals surface area contributed by atoms with E-state index in [-0.39, 0.29) is 49.6 Å². The Bertz CT molecular complexity index is 2590. The second-order valence-electron chi connectivity index (χ2n) is 20.1. The standard InChI is InChI=1S/C52H66N8O7/c1-10-59-43-18-17-35-27-40(43)41(46(59)36-14-11-20-53-30-36)29-51(4,5)32-67-49(65)42-15-12-22-60(55-42)50(66)52(6,28-34-24-38(35)26-39(61)25-34)54-47(63)45(33(2)3)57(9)48(64)37-19-23-58(31-37)44(62)16-13-21-56(7)8/h11,14,17-18,20,24-27,30,33,37,42,45,55,61H,10,12,15,19,21-23,28-29,31-32H2,1-9H3,(H,54,63)/t37-,42-,45-,52?/m0/s1. The molecule has 4 atom stereocenters. The van der Waals surface area contributed by atoms with Gasteiger partial charge in [0, 0.05) is 73.9 Å². The fraction of sp³-hybridized carbons (Fsp3) is 0.500. The molecular weight excluding hydrogens is 849 g/mol. The third-order valence-electron chi connectivity index (χ3n) is 13.2. The lowest BCUT2D eigenvalue weighted by Crippen LogP contribution is -2.67. The van der Waals surface area contributed by atoms with E-state index in [1.54, 1.807) is 37.2 Å². The summed E-state index contributed by atoms with van der Waals surface area (Å²) in [4.78, 5) is 80.0. The summed E-state index contributed by atoms with van der Waals surface area (Å²) in [6.07, 6.45) is 5.53. The lowest BCUT2D eigenvalue weighted by atomic mass is 9.84. The molecule has 2 aromatic carbocycles. The fourth-order valence-electron chi connectivity index (χ4n) is 9.96. The smallest absolute Gasteiger partial charge is 0.324 e. The number of aromatic hydroxyl groups is 1. The number of esters is 1. The van der Waals surface area contributed by atoms with Gasteiger partial charge in [-0.2, -0.15) is 0 Å². The van der Waals surface area contributed by atoms with E-state index >= 15 is 4.79 Å². The molecule has 3 aliphatic heterocycles. The predicted octanol–water partition coefficient (Wildman–Crippen LogP) is 5.03. The molecule has 6 bridgehead atoms. The number of fused-ring (bicyclic) bond motifs is 6. The maximum Gasteiger partial charge on any atom is 0.324 e. The predicted molar refractivity (Wildman–Crippen MR) is 257 cm³/mol. The molecule has 356 valence electrons. The van der Waals surface area contributed by atoms with E-state index in [1.165, 1.54) is 9.91 Å². The van der Waals surface area contributed by atoms with Crippen LogP contribution in [0.1, 0.15) is 71.9 Å². The number of likely N-dealkylation sites (N-methyl/N-ethyl adjacent to an activating group) is 1. The molecule has 4 amide bonds. The van der Waals surface area contributed by atoms with E-state index in [4.69, 9.17) is 4.74 Å². The molecule has 0 radical (unpaired) electrons. The Kier molecular flexibility index (Phi) is 14.5. The molecule has 15 heteroatoms. The molecule has 15 nitrogen and oxygen atoms in total. The van der Waals surface area contributed by atoms with Crippen molar-refractivity contribution >= 4 is 40.5 Å². The Morgan fingerprint density at radius 3 is 2.48 bits per heavy atom. The largest absolute Gasteiger partial charge is 0.508 e. The molecule has 0 spiro atoms. The van der Waals surface area contributed by atoms with Gasteiger partial charge in [0.25, 0.3) is 11.8 Å². The highest BCUT2D eigenvalue weighted by Gasteiger charge is 2.45. The van der Waals surface area contributed by atoms with Crippen LogP contribution in [0.2, 0.25) is 0 Å². The zero-order valence-corrected chi connectivity index (χ0v) is 40.4. The van der Waals surface area contributed by atoms with Gasteiger partial charge >= 0.3 is 5.97 Å². The van der Waals surface area contributed by atoms with Crippen molar-refractivity contribution in [2.45, 2.75) is 97.8 Å². The number of nitrogens with one attached hydrogen (secondary N) is 2. The number of benzene rings is 2. The third kappa shape index (κ3) is 10.7. The Hall–Kier alpha value is -6.24. The molecule has 2 saturated heterocycles. The number of phenolic OH excluding ortho intramolecular Hbond substituents is 1. The first-order chi connectivity index (χ1) is 31.8. The number of cyclic esters (lactones) is 1. The molecule has 5 heterocycles. The fourth-order valence-corrected chi connectivity index (χ4v) is 9.96. The zero-order valence-electron chi connectivity index (χ0n) is 40.4. The monoisotopic (exact) mass is 915 g/mol. The number of ether oxygens (including phenoxy) is 1. The molecular formula is C52H66N8O7. The van der Waals surface area contributed by atoms with Crippen LogP contribution in [0.5, 0.6) is 5.75 Å². The lowest BCUT2D eigenvalue weighted by Gasteiger charge is -2.41. The van der Waals surface area contributed by atoms with Gasteiger partial charge < -0.3 is 29.5 Å². The minimum atomic E-state index is -1.64. The number of nitrogens with zero attached hydrogens (tertiary/aromatic N) is 6. The van der Waals surface area contributed by atoms with Crippen LogP contribution in [-0.2, 0) is 48.1 Å². The molecule has 2 fully saturated rings. The molecule has 3 N–H and O–H groups in total. The molecule has 0 aliphatic carbocycles. The number of hydrogen-bond donors (Lipinski definition) is 3. The van der Waals surface area contributed by atoms with Gasteiger partial charge in [-0.3, -0.25) is 38.9 Å². The average Bonchev–Trinajstić information content (AvgIpc) is 3.90. The van der Waals surface area contributed by atoms with Crippen molar-refractivity contribution in [1.29, 1.82) is 0 Å². The van der Waals surface area contributed by atoms with Gasteiger partial charge in [0.1, 0.15) is 23.4 Å². The number of hydrazine groups is 1. The van der Waals surface area contributed by atoms with Crippen LogP contribution >= 0.6 is 0 Å². The summed E-state index contributed by atoms with van der Waals surface area (Å²) in [6, 6.07) is 13.6. The Labute approximate surface area is 394 Å². The first kappa shape index (κ1) is 48.7. The van der Waals surface area contributed by atoms with Crippen LogP contribution in [-0.4, -0.2) is 136 Å². The summed E-state index contributed by atoms with van der Waals surface area (Å²) in [5.41, 5.74) is 7.27. The van der Waals surface area contributed by atoms with Crippen molar-refractivity contribution in [3.8, 4) is 40.0 Å².